The van der Waals surface area contributed by atoms with E-state index in [9.17, 15) is 60.6 Å². The van der Waals surface area contributed by atoms with Crippen molar-refractivity contribution in [1.29, 1.82) is 0 Å². The summed E-state index contributed by atoms with van der Waals surface area (Å²) in [6.45, 7) is 0. The molecular weight excluding hydrogens is 368 g/mol. The molecular formula is C5F12O3S. The Morgan fingerprint density at radius 3 is 1.19 bits per heavy atom. The summed E-state index contributed by atoms with van der Waals surface area (Å²) in [7, 11) is -7.10. The highest BCUT2D eigenvalue weighted by Gasteiger charge is 2.88. The molecule has 0 spiro atoms. The Kier molecular flexibility index (Phi) is 4.57. The van der Waals surface area contributed by atoms with Crippen LogP contribution in [0, 0.1) is 0 Å². The lowest BCUT2D eigenvalue weighted by molar-refractivity contribution is -0.444. The summed E-state index contributed by atoms with van der Waals surface area (Å²) in [6, 6.07) is 0. The second-order valence-electron chi connectivity index (χ2n) is 3.21. The van der Waals surface area contributed by atoms with Crippen molar-refractivity contribution in [1.82, 2.24) is 0 Å². The largest absolute Gasteiger partial charge is 0.460 e. The maximum absolute atomic E-state index is 12.5. The second kappa shape index (κ2) is 4.79. The van der Waals surface area contributed by atoms with Gasteiger partial charge in [0.05, 0.1) is 0 Å². The summed E-state index contributed by atoms with van der Waals surface area (Å²) in [5.41, 5.74) is 0. The first-order valence-electron chi connectivity index (χ1n) is 3.94. The van der Waals surface area contributed by atoms with Crippen molar-refractivity contribution >= 4 is 10.5 Å². The molecule has 21 heavy (non-hydrogen) atoms. The van der Waals surface area contributed by atoms with Crippen LogP contribution in [0.3, 0.4) is 0 Å². The van der Waals surface area contributed by atoms with Crippen LogP contribution in [0.5, 0.6) is 0 Å². The average Bonchev–Trinajstić information content (AvgIpc) is 2.10. The van der Waals surface area contributed by atoms with Gasteiger partial charge in [0.15, 0.2) is 0 Å². The quantitative estimate of drug-likeness (QED) is 0.553. The van der Waals surface area contributed by atoms with E-state index in [-0.39, 0.29) is 0 Å². The van der Waals surface area contributed by atoms with E-state index in [0.29, 0.717) is 0 Å². The second-order valence-corrected chi connectivity index (χ2v) is 4.17. The van der Waals surface area contributed by atoms with Crippen LogP contribution in [0.2, 0.25) is 0 Å². The highest BCUT2D eigenvalue weighted by Crippen LogP contribution is 2.57. The summed E-state index contributed by atoms with van der Waals surface area (Å²) in [5, 5.41) is 0. The molecule has 0 saturated heterocycles. The minimum atomic E-state index is -7.87. The van der Waals surface area contributed by atoms with Crippen molar-refractivity contribution in [2.24, 2.45) is 0 Å². The van der Waals surface area contributed by atoms with Crippen LogP contribution in [-0.4, -0.2) is 38.5 Å². The third-order valence-corrected chi connectivity index (χ3v) is 2.12. The van der Waals surface area contributed by atoms with E-state index >= 15 is 0 Å². The lowest BCUT2D eigenvalue weighted by atomic mass is 10.0. The van der Waals surface area contributed by atoms with Crippen LogP contribution in [0.25, 0.3) is 0 Å². The van der Waals surface area contributed by atoms with Crippen LogP contribution in [-0.2, 0) is 14.7 Å². The summed E-state index contributed by atoms with van der Waals surface area (Å²) in [5.74, 6) is -23.3. The van der Waals surface area contributed by atoms with Crippen LogP contribution in [0.15, 0.2) is 0 Å². The molecule has 0 aliphatic rings. The average molecular weight is 368 g/mol. The molecule has 0 amide bonds. The standard InChI is InChI=1S/C5F12O3S/c6-1(7,2(8,9)4(12,13)14)3(10,11)5(15,16)20-21(17,18)19. The van der Waals surface area contributed by atoms with Gasteiger partial charge in [-0.3, -0.25) is 0 Å². The molecule has 128 valence electrons. The molecule has 0 saturated carbocycles. The Balaban J connectivity index is 6.00. The third kappa shape index (κ3) is 3.29. The van der Waals surface area contributed by atoms with Crippen molar-refractivity contribution in [2.75, 3.05) is 0 Å². The molecule has 3 nitrogen and oxygen atoms in total. The van der Waals surface area contributed by atoms with Crippen LogP contribution in [0.1, 0.15) is 0 Å². The van der Waals surface area contributed by atoms with Crippen molar-refractivity contribution in [3.63, 3.8) is 0 Å². The molecule has 0 aromatic heterocycles. The number of rotatable bonds is 5. The summed E-state index contributed by atoms with van der Waals surface area (Å²) < 4.78 is 166. The maximum Gasteiger partial charge on any atom is 0.460 e. The van der Waals surface area contributed by atoms with E-state index in [1.807, 2.05) is 0 Å². The molecule has 0 aromatic carbocycles. The van der Waals surface area contributed by atoms with E-state index in [4.69, 9.17) is 0 Å². The maximum atomic E-state index is 12.5. The molecule has 0 radical (unpaired) electrons. The first kappa shape index (κ1) is 20.1. The highest BCUT2D eigenvalue weighted by atomic mass is 32.3. The molecule has 0 atom stereocenters. The van der Waals surface area contributed by atoms with E-state index in [1.54, 1.807) is 0 Å². The predicted molar refractivity (Wildman–Crippen MR) is 37.0 cm³/mol. The van der Waals surface area contributed by atoms with Gasteiger partial charge < -0.3 is 0 Å². The third-order valence-electron chi connectivity index (χ3n) is 1.71. The molecule has 0 rings (SSSR count). The summed E-state index contributed by atoms with van der Waals surface area (Å²) >= 11 is 0. The summed E-state index contributed by atoms with van der Waals surface area (Å²) in [4.78, 5) is 0. The van der Waals surface area contributed by atoms with Crippen molar-refractivity contribution in [3.8, 4) is 0 Å². The van der Waals surface area contributed by atoms with Gasteiger partial charge in [-0.05, 0) is 0 Å². The van der Waals surface area contributed by atoms with Gasteiger partial charge >= 0.3 is 40.6 Å². The van der Waals surface area contributed by atoms with Gasteiger partial charge in [-0.1, -0.05) is 3.89 Å². The lowest BCUT2D eigenvalue weighted by Gasteiger charge is -2.35. The zero-order valence-electron chi connectivity index (χ0n) is 8.67. The van der Waals surface area contributed by atoms with Gasteiger partial charge in [0.2, 0.25) is 0 Å². The van der Waals surface area contributed by atoms with Crippen molar-refractivity contribution < 1.29 is 64.8 Å². The van der Waals surface area contributed by atoms with E-state index in [0.717, 1.165) is 0 Å². The molecule has 0 heterocycles. The Morgan fingerprint density at radius 1 is 0.619 bits per heavy atom. The van der Waals surface area contributed by atoms with Gasteiger partial charge in [0, 0.05) is 0 Å². The zero-order valence-corrected chi connectivity index (χ0v) is 9.49. The van der Waals surface area contributed by atoms with E-state index < -0.39 is 40.6 Å². The Labute approximate surface area is 106 Å². The van der Waals surface area contributed by atoms with Gasteiger partial charge in [-0.2, -0.15) is 60.9 Å². The molecule has 0 fully saturated rings. The zero-order chi connectivity index (χ0) is 17.7. The van der Waals surface area contributed by atoms with Gasteiger partial charge in [-0.15, -0.1) is 0 Å². The van der Waals surface area contributed by atoms with Crippen LogP contribution in [0.4, 0.5) is 52.2 Å². The van der Waals surface area contributed by atoms with Crippen LogP contribution < -0.4 is 0 Å². The van der Waals surface area contributed by atoms with Crippen LogP contribution >= 0.6 is 0 Å². The first-order chi connectivity index (χ1) is 8.71. The molecule has 0 aliphatic heterocycles. The number of halogens is 12. The normalized spacial score (nSPS) is 16.2. The van der Waals surface area contributed by atoms with Gasteiger partial charge in [-0.25, -0.2) is 0 Å². The fourth-order valence-electron chi connectivity index (χ4n) is 0.735. The lowest BCUT2D eigenvalue weighted by Crippen LogP contribution is -2.67. The van der Waals surface area contributed by atoms with E-state index in [2.05, 4.69) is 0 Å². The molecule has 0 aliphatic carbocycles. The molecule has 0 bridgehead atoms. The minimum Gasteiger partial charge on any atom is -0.192 e. The highest BCUT2D eigenvalue weighted by molar-refractivity contribution is 7.81. The van der Waals surface area contributed by atoms with Gasteiger partial charge in [0.25, 0.3) is 0 Å². The SMILES string of the molecule is O=S(=O)(F)OC(F)(F)C(F)(F)C(F)(F)C(F)(F)C(F)(F)F. The summed E-state index contributed by atoms with van der Waals surface area (Å²) in [6.07, 6.45) is -14.6. The van der Waals surface area contributed by atoms with Crippen molar-refractivity contribution in [2.45, 2.75) is 30.1 Å². The predicted octanol–water partition coefficient (Wildman–Crippen LogP) is 3.28. The monoisotopic (exact) mass is 368 g/mol. The minimum absolute atomic E-state index is 1.53. The topological polar surface area (TPSA) is 43.4 Å². The van der Waals surface area contributed by atoms with E-state index in [1.165, 1.54) is 4.18 Å². The fourth-order valence-corrected chi connectivity index (χ4v) is 1.09. The Morgan fingerprint density at radius 2 is 0.952 bits per heavy atom. The molecule has 16 heteroatoms. The molecule has 0 N–H and O–H groups in total. The first-order valence-corrected chi connectivity index (χ1v) is 5.25. The van der Waals surface area contributed by atoms with Gasteiger partial charge in [0.1, 0.15) is 0 Å². The van der Waals surface area contributed by atoms with Crippen molar-refractivity contribution in [3.05, 3.63) is 0 Å². The number of hydrogen-bond donors (Lipinski definition) is 0. The fraction of sp³-hybridized carbons (Fsp3) is 1.00. The number of hydrogen-bond acceptors (Lipinski definition) is 3. The molecule has 0 unspecified atom stereocenters. The Bertz CT molecular complexity index is 490. The smallest absolute Gasteiger partial charge is 0.192 e. The number of alkyl halides is 11. The molecule has 0 aromatic rings. The Hall–Kier alpha value is -0.930.